The molecule has 2 aromatic carbocycles. The van der Waals surface area contributed by atoms with Crippen molar-refractivity contribution in [3.63, 3.8) is 0 Å². The summed E-state index contributed by atoms with van der Waals surface area (Å²) in [7, 11) is 4.50. The van der Waals surface area contributed by atoms with Gasteiger partial charge in [0.1, 0.15) is 5.75 Å². The van der Waals surface area contributed by atoms with Gasteiger partial charge in [-0.25, -0.2) is 0 Å². The maximum Gasteiger partial charge on any atom is 0.416 e. The van der Waals surface area contributed by atoms with Gasteiger partial charge in [-0.1, -0.05) is 12.1 Å². The SMILES string of the molecule is COc1cc(OC)c(OC)cc1CNC(=O)/C=C/c1ccc(C(F)(F)F)cc1. The van der Waals surface area contributed by atoms with Crippen LogP contribution in [0.15, 0.2) is 42.5 Å². The summed E-state index contributed by atoms with van der Waals surface area (Å²) in [4.78, 5) is 12.0. The normalized spacial score (nSPS) is 11.4. The molecule has 0 bridgehead atoms. The summed E-state index contributed by atoms with van der Waals surface area (Å²) in [6.45, 7) is 0.166. The molecule has 28 heavy (non-hydrogen) atoms. The molecule has 2 rings (SSSR count). The fourth-order valence-electron chi connectivity index (χ4n) is 2.43. The van der Waals surface area contributed by atoms with Crippen LogP contribution in [0, 0.1) is 0 Å². The number of benzene rings is 2. The van der Waals surface area contributed by atoms with Crippen LogP contribution in [0.3, 0.4) is 0 Å². The molecule has 0 aliphatic heterocycles. The molecule has 1 N–H and O–H groups in total. The largest absolute Gasteiger partial charge is 0.496 e. The predicted octanol–water partition coefficient (Wildman–Crippen LogP) is 4.06. The number of alkyl halides is 3. The Bertz CT molecular complexity index is 846. The summed E-state index contributed by atoms with van der Waals surface area (Å²) in [5, 5.41) is 2.69. The van der Waals surface area contributed by atoms with Gasteiger partial charge in [0, 0.05) is 24.3 Å². The second-order valence-corrected chi connectivity index (χ2v) is 5.69. The van der Waals surface area contributed by atoms with Crippen LogP contribution >= 0.6 is 0 Å². The molecular weight excluding hydrogens is 375 g/mol. The van der Waals surface area contributed by atoms with Crippen LogP contribution in [0.4, 0.5) is 13.2 Å². The number of hydrogen-bond acceptors (Lipinski definition) is 4. The average molecular weight is 395 g/mol. The molecule has 0 saturated heterocycles. The van der Waals surface area contributed by atoms with Crippen molar-refractivity contribution in [2.24, 2.45) is 0 Å². The van der Waals surface area contributed by atoms with E-state index in [4.69, 9.17) is 14.2 Å². The van der Waals surface area contributed by atoms with E-state index in [2.05, 4.69) is 5.32 Å². The monoisotopic (exact) mass is 395 g/mol. The lowest BCUT2D eigenvalue weighted by Crippen LogP contribution is -2.20. The van der Waals surface area contributed by atoms with E-state index in [0.29, 0.717) is 28.4 Å². The van der Waals surface area contributed by atoms with E-state index in [1.807, 2.05) is 0 Å². The van der Waals surface area contributed by atoms with Crippen molar-refractivity contribution < 1.29 is 32.2 Å². The van der Waals surface area contributed by atoms with Gasteiger partial charge in [-0.3, -0.25) is 4.79 Å². The van der Waals surface area contributed by atoms with Gasteiger partial charge in [0.25, 0.3) is 0 Å². The van der Waals surface area contributed by atoms with E-state index >= 15 is 0 Å². The third-order valence-corrected chi connectivity index (χ3v) is 3.90. The standard InChI is InChI=1S/C20H20F3NO4/c1-26-16-11-18(28-3)17(27-2)10-14(16)12-24-19(25)9-6-13-4-7-15(8-5-13)20(21,22)23/h4-11H,12H2,1-3H3,(H,24,25)/b9-6+. The van der Waals surface area contributed by atoms with E-state index in [0.717, 1.165) is 12.1 Å². The Hall–Kier alpha value is -3.16. The Morgan fingerprint density at radius 1 is 0.964 bits per heavy atom. The first-order chi connectivity index (χ1) is 13.3. The van der Waals surface area contributed by atoms with Gasteiger partial charge < -0.3 is 19.5 Å². The van der Waals surface area contributed by atoms with Crippen molar-refractivity contribution in [3.8, 4) is 17.2 Å². The van der Waals surface area contributed by atoms with Crippen LogP contribution in [-0.2, 0) is 17.5 Å². The first-order valence-corrected chi connectivity index (χ1v) is 8.20. The molecule has 0 fully saturated rings. The molecule has 0 unspecified atom stereocenters. The van der Waals surface area contributed by atoms with Gasteiger partial charge in [0.2, 0.25) is 5.91 Å². The predicted molar refractivity (Wildman–Crippen MR) is 98.4 cm³/mol. The smallest absolute Gasteiger partial charge is 0.416 e. The van der Waals surface area contributed by atoms with Gasteiger partial charge in [0.15, 0.2) is 11.5 Å². The van der Waals surface area contributed by atoms with Gasteiger partial charge in [0.05, 0.1) is 26.9 Å². The number of hydrogen-bond donors (Lipinski definition) is 1. The van der Waals surface area contributed by atoms with Crippen LogP contribution in [0.2, 0.25) is 0 Å². The van der Waals surface area contributed by atoms with Crippen LogP contribution < -0.4 is 19.5 Å². The third kappa shape index (κ3) is 5.42. The van der Waals surface area contributed by atoms with E-state index in [1.165, 1.54) is 45.6 Å². The van der Waals surface area contributed by atoms with Crippen molar-refractivity contribution in [2.45, 2.75) is 12.7 Å². The van der Waals surface area contributed by atoms with Crippen molar-refractivity contribution in [2.75, 3.05) is 21.3 Å². The number of amides is 1. The molecule has 150 valence electrons. The molecule has 0 spiro atoms. The van der Waals surface area contributed by atoms with Crippen molar-refractivity contribution >= 4 is 12.0 Å². The highest BCUT2D eigenvalue weighted by atomic mass is 19.4. The lowest BCUT2D eigenvalue weighted by atomic mass is 10.1. The topological polar surface area (TPSA) is 56.8 Å². The van der Waals surface area contributed by atoms with Gasteiger partial charge >= 0.3 is 6.18 Å². The Morgan fingerprint density at radius 2 is 1.54 bits per heavy atom. The zero-order chi connectivity index (χ0) is 20.7. The molecule has 2 aromatic rings. The molecule has 0 radical (unpaired) electrons. The van der Waals surface area contributed by atoms with Gasteiger partial charge in [-0.05, 0) is 29.8 Å². The minimum absolute atomic E-state index is 0.166. The lowest BCUT2D eigenvalue weighted by molar-refractivity contribution is -0.137. The number of carbonyl (C=O) groups is 1. The fraction of sp³-hybridized carbons (Fsp3) is 0.250. The van der Waals surface area contributed by atoms with Crippen LogP contribution in [0.5, 0.6) is 17.2 Å². The number of nitrogens with one attached hydrogen (secondary N) is 1. The number of ether oxygens (including phenoxy) is 3. The Balaban J connectivity index is 2.03. The van der Waals surface area contributed by atoms with Gasteiger partial charge in [-0.15, -0.1) is 0 Å². The summed E-state index contributed by atoms with van der Waals surface area (Å²) in [5.74, 6) is 1.10. The zero-order valence-electron chi connectivity index (χ0n) is 15.6. The quantitative estimate of drug-likeness (QED) is 0.719. The van der Waals surface area contributed by atoms with Crippen molar-refractivity contribution in [1.29, 1.82) is 0 Å². The number of halogens is 3. The van der Waals surface area contributed by atoms with E-state index < -0.39 is 17.6 Å². The van der Waals surface area contributed by atoms with E-state index in [9.17, 15) is 18.0 Å². The maximum absolute atomic E-state index is 12.5. The zero-order valence-corrected chi connectivity index (χ0v) is 15.6. The van der Waals surface area contributed by atoms with Crippen molar-refractivity contribution in [1.82, 2.24) is 5.32 Å². The van der Waals surface area contributed by atoms with Crippen LogP contribution in [0.25, 0.3) is 6.08 Å². The maximum atomic E-state index is 12.5. The van der Waals surface area contributed by atoms with E-state index in [-0.39, 0.29) is 6.54 Å². The lowest BCUT2D eigenvalue weighted by Gasteiger charge is -2.14. The molecule has 5 nitrogen and oxygen atoms in total. The molecule has 0 aromatic heterocycles. The molecule has 0 aliphatic rings. The number of rotatable bonds is 7. The highest BCUT2D eigenvalue weighted by molar-refractivity contribution is 5.91. The summed E-state index contributed by atoms with van der Waals surface area (Å²) < 4.78 is 53.4. The Morgan fingerprint density at radius 3 is 2.07 bits per heavy atom. The first kappa shape index (κ1) is 21.1. The Labute approximate surface area is 160 Å². The molecular formula is C20H20F3NO4. The fourth-order valence-corrected chi connectivity index (χ4v) is 2.43. The van der Waals surface area contributed by atoms with Crippen LogP contribution in [-0.4, -0.2) is 27.2 Å². The average Bonchev–Trinajstić information content (AvgIpc) is 2.69. The minimum Gasteiger partial charge on any atom is -0.496 e. The third-order valence-electron chi connectivity index (χ3n) is 3.90. The number of carbonyl (C=O) groups excluding carboxylic acids is 1. The first-order valence-electron chi connectivity index (χ1n) is 8.20. The minimum atomic E-state index is -4.39. The molecule has 0 heterocycles. The summed E-state index contributed by atoms with van der Waals surface area (Å²) in [5.41, 5.74) is 0.415. The van der Waals surface area contributed by atoms with E-state index in [1.54, 1.807) is 12.1 Å². The highest BCUT2D eigenvalue weighted by Crippen LogP contribution is 2.34. The molecule has 8 heteroatoms. The second kappa shape index (κ2) is 9.16. The molecule has 0 aliphatic carbocycles. The van der Waals surface area contributed by atoms with Crippen LogP contribution in [0.1, 0.15) is 16.7 Å². The summed E-state index contributed by atoms with van der Waals surface area (Å²) >= 11 is 0. The molecule has 0 atom stereocenters. The Kier molecular flexibility index (Phi) is 6.92. The summed E-state index contributed by atoms with van der Waals surface area (Å²) in [6, 6.07) is 7.86. The highest BCUT2D eigenvalue weighted by Gasteiger charge is 2.29. The molecule has 1 amide bonds. The molecule has 0 saturated carbocycles. The van der Waals surface area contributed by atoms with Crippen molar-refractivity contribution in [3.05, 3.63) is 59.2 Å². The number of methoxy groups -OCH3 is 3. The van der Waals surface area contributed by atoms with Gasteiger partial charge in [-0.2, -0.15) is 13.2 Å². The second-order valence-electron chi connectivity index (χ2n) is 5.69. The summed E-state index contributed by atoms with van der Waals surface area (Å²) in [6.07, 6.45) is -1.71.